The van der Waals surface area contributed by atoms with Gasteiger partial charge in [-0.2, -0.15) is 0 Å². The first-order valence-corrected chi connectivity index (χ1v) is 13.4. The van der Waals surface area contributed by atoms with Gasteiger partial charge in [0.1, 0.15) is 17.3 Å². The molecule has 3 unspecified atom stereocenters. The van der Waals surface area contributed by atoms with Crippen LogP contribution in [-0.2, 0) is 0 Å². The van der Waals surface area contributed by atoms with Gasteiger partial charge in [0.05, 0.1) is 0 Å². The zero-order valence-corrected chi connectivity index (χ0v) is 22.8. The van der Waals surface area contributed by atoms with Gasteiger partial charge in [-0.25, -0.2) is 4.39 Å². The van der Waals surface area contributed by atoms with E-state index >= 15 is 0 Å². The maximum atomic E-state index is 14.8. The molecule has 0 spiro atoms. The predicted octanol–water partition coefficient (Wildman–Crippen LogP) is 5.28. The monoisotopic (exact) mass is 532 g/mol. The van der Waals surface area contributed by atoms with Gasteiger partial charge in [-0.3, -0.25) is 9.59 Å². The number of piperidine rings is 1. The number of aromatic hydroxyl groups is 2. The maximum Gasteiger partial charge on any atom is 0.167 e. The van der Waals surface area contributed by atoms with Gasteiger partial charge < -0.3 is 20.0 Å². The van der Waals surface area contributed by atoms with E-state index < -0.39 is 17.8 Å². The second kappa shape index (κ2) is 12.5. The highest BCUT2D eigenvalue weighted by Gasteiger charge is 2.45. The smallest absolute Gasteiger partial charge is 0.167 e. The number of unbranched alkanes of at least 4 members (excludes halogenated alkanes) is 1. The number of carbonyl (C=O) groups excluding carboxylic acids is 2. The number of phenolic OH excluding ortho intramolecular Hbond substituents is 2. The molecule has 1 fully saturated rings. The van der Waals surface area contributed by atoms with Crippen molar-refractivity contribution in [3.63, 3.8) is 0 Å². The molecule has 206 valence electrons. The number of hydrogen-bond donors (Lipinski definition) is 2. The number of Topliss-reactive ketones (excluding diaryl/α,β-unsaturated/α-hetero) is 2. The Kier molecular flexibility index (Phi) is 9.15. The van der Waals surface area contributed by atoms with Crippen LogP contribution in [0.2, 0.25) is 0 Å². The van der Waals surface area contributed by atoms with Gasteiger partial charge in [0.25, 0.3) is 0 Å². The molecule has 2 N–H and O–H groups in total. The summed E-state index contributed by atoms with van der Waals surface area (Å²) in [6.07, 6.45) is 1.90. The SMILES string of the molecule is Cc1c(F)cccc1C1C(C(=O)c2ccc(O)cc2)CN(CCCCN(C)C)CC1C(=O)c1cccc(O)c1. The molecule has 1 saturated heterocycles. The highest BCUT2D eigenvalue weighted by Crippen LogP contribution is 2.42. The number of ketones is 2. The van der Waals surface area contributed by atoms with Crippen LogP contribution >= 0.6 is 0 Å². The lowest BCUT2D eigenvalue weighted by Crippen LogP contribution is -2.50. The first-order valence-electron chi connectivity index (χ1n) is 13.4. The van der Waals surface area contributed by atoms with E-state index in [-0.39, 0.29) is 28.9 Å². The van der Waals surface area contributed by atoms with E-state index in [9.17, 15) is 24.2 Å². The molecule has 7 heteroatoms. The van der Waals surface area contributed by atoms with Crippen molar-refractivity contribution in [3.8, 4) is 11.5 Å². The molecule has 0 aromatic heterocycles. The Morgan fingerprint density at radius 2 is 1.51 bits per heavy atom. The molecular weight excluding hydrogens is 495 g/mol. The van der Waals surface area contributed by atoms with E-state index in [1.807, 2.05) is 20.2 Å². The van der Waals surface area contributed by atoms with E-state index in [0.29, 0.717) is 35.3 Å². The van der Waals surface area contributed by atoms with Crippen LogP contribution in [0.5, 0.6) is 11.5 Å². The Bertz CT molecular complexity index is 1310. The molecule has 4 rings (SSSR count). The molecule has 1 aliphatic heterocycles. The third-order valence-corrected chi connectivity index (χ3v) is 7.73. The Balaban J connectivity index is 1.78. The van der Waals surface area contributed by atoms with Gasteiger partial charge >= 0.3 is 0 Å². The highest BCUT2D eigenvalue weighted by molar-refractivity contribution is 6.02. The van der Waals surface area contributed by atoms with E-state index in [1.54, 1.807) is 37.3 Å². The van der Waals surface area contributed by atoms with Gasteiger partial charge in [0.2, 0.25) is 0 Å². The minimum absolute atomic E-state index is 0.00703. The first-order chi connectivity index (χ1) is 18.7. The standard InChI is InChI=1S/C32H37FN2O4/c1-21-26(10-7-11-29(21)33)30-27(31(38)22-12-14-24(36)15-13-22)19-35(17-5-4-16-34(2)3)20-28(30)32(39)23-8-6-9-25(37)18-23/h6-15,18,27-28,30,36-37H,4-5,16-17,19-20H2,1-3H3. The summed E-state index contributed by atoms with van der Waals surface area (Å²) in [6, 6.07) is 17.2. The van der Waals surface area contributed by atoms with Crippen LogP contribution in [-0.4, -0.2) is 71.9 Å². The second-order valence-electron chi connectivity index (χ2n) is 10.8. The normalized spacial score (nSPS) is 19.8. The van der Waals surface area contributed by atoms with Crippen LogP contribution in [0, 0.1) is 24.6 Å². The minimum Gasteiger partial charge on any atom is -0.508 e. The zero-order valence-electron chi connectivity index (χ0n) is 22.8. The van der Waals surface area contributed by atoms with Crippen LogP contribution < -0.4 is 0 Å². The van der Waals surface area contributed by atoms with E-state index in [4.69, 9.17) is 0 Å². The van der Waals surface area contributed by atoms with E-state index in [2.05, 4.69) is 9.80 Å². The molecule has 1 heterocycles. The predicted molar refractivity (Wildman–Crippen MR) is 150 cm³/mol. The van der Waals surface area contributed by atoms with E-state index in [1.165, 1.54) is 30.3 Å². The lowest BCUT2D eigenvalue weighted by Gasteiger charge is -2.43. The number of carbonyl (C=O) groups is 2. The summed E-state index contributed by atoms with van der Waals surface area (Å²) in [5.41, 5.74) is 1.89. The molecule has 0 amide bonds. The number of halogens is 1. The summed E-state index contributed by atoms with van der Waals surface area (Å²) in [6.45, 7) is 4.23. The summed E-state index contributed by atoms with van der Waals surface area (Å²) in [5, 5.41) is 19.9. The van der Waals surface area contributed by atoms with Crippen molar-refractivity contribution >= 4 is 11.6 Å². The molecule has 6 nitrogen and oxygen atoms in total. The molecule has 0 radical (unpaired) electrons. The first kappa shape index (κ1) is 28.5. The van der Waals surface area contributed by atoms with Crippen LogP contribution in [0.3, 0.4) is 0 Å². The van der Waals surface area contributed by atoms with Gasteiger partial charge in [-0.05, 0) is 101 Å². The molecule has 39 heavy (non-hydrogen) atoms. The number of hydrogen-bond acceptors (Lipinski definition) is 6. The molecule has 1 aliphatic rings. The van der Waals surface area contributed by atoms with Crippen LogP contribution in [0.25, 0.3) is 0 Å². The van der Waals surface area contributed by atoms with Crippen molar-refractivity contribution in [2.45, 2.75) is 25.7 Å². The summed E-state index contributed by atoms with van der Waals surface area (Å²) in [5.74, 6) is -2.44. The van der Waals surface area contributed by atoms with Crippen molar-refractivity contribution in [3.05, 3.63) is 94.8 Å². The topological polar surface area (TPSA) is 81.1 Å². The molecular formula is C32H37FN2O4. The zero-order chi connectivity index (χ0) is 28.1. The number of benzene rings is 3. The summed E-state index contributed by atoms with van der Waals surface area (Å²) in [7, 11) is 4.06. The van der Waals surface area contributed by atoms with Crippen molar-refractivity contribution in [2.24, 2.45) is 11.8 Å². The van der Waals surface area contributed by atoms with Crippen LogP contribution in [0.15, 0.2) is 66.7 Å². The Labute approximate surface area is 229 Å². The largest absolute Gasteiger partial charge is 0.508 e. The molecule has 3 aromatic rings. The number of rotatable bonds is 10. The van der Waals surface area contributed by atoms with Crippen LogP contribution in [0.1, 0.15) is 50.6 Å². The van der Waals surface area contributed by atoms with Gasteiger partial charge in [-0.15, -0.1) is 0 Å². The third-order valence-electron chi connectivity index (χ3n) is 7.73. The van der Waals surface area contributed by atoms with Crippen molar-refractivity contribution < 1.29 is 24.2 Å². The summed E-state index contributed by atoms with van der Waals surface area (Å²) in [4.78, 5) is 32.4. The third kappa shape index (κ3) is 6.72. The average molecular weight is 533 g/mol. The van der Waals surface area contributed by atoms with Gasteiger partial charge in [0, 0.05) is 42.0 Å². The van der Waals surface area contributed by atoms with Crippen LogP contribution in [0.4, 0.5) is 4.39 Å². The minimum atomic E-state index is -0.624. The molecule has 0 saturated carbocycles. The Morgan fingerprint density at radius 1 is 0.872 bits per heavy atom. The molecule has 3 atom stereocenters. The number of phenols is 2. The van der Waals surface area contributed by atoms with Gasteiger partial charge in [-0.1, -0.05) is 24.3 Å². The quantitative estimate of drug-likeness (QED) is 0.273. The fourth-order valence-electron chi connectivity index (χ4n) is 5.71. The Hall–Kier alpha value is -3.55. The average Bonchev–Trinajstić information content (AvgIpc) is 2.92. The van der Waals surface area contributed by atoms with E-state index in [0.717, 1.165) is 25.9 Å². The van der Waals surface area contributed by atoms with Crippen molar-refractivity contribution in [2.75, 3.05) is 40.3 Å². The lowest BCUT2D eigenvalue weighted by atomic mass is 9.67. The molecule has 0 bridgehead atoms. The maximum absolute atomic E-state index is 14.8. The molecule has 3 aromatic carbocycles. The highest BCUT2D eigenvalue weighted by atomic mass is 19.1. The summed E-state index contributed by atoms with van der Waals surface area (Å²) < 4.78 is 14.8. The second-order valence-corrected chi connectivity index (χ2v) is 10.8. The molecule has 0 aliphatic carbocycles. The van der Waals surface area contributed by atoms with Gasteiger partial charge in [0.15, 0.2) is 11.6 Å². The lowest BCUT2D eigenvalue weighted by molar-refractivity contribution is 0.0567. The summed E-state index contributed by atoms with van der Waals surface area (Å²) >= 11 is 0. The fraction of sp³-hybridized carbons (Fsp3) is 0.375. The van der Waals surface area contributed by atoms with Crippen molar-refractivity contribution in [1.82, 2.24) is 9.80 Å². The number of likely N-dealkylation sites (tertiary alicyclic amines) is 1. The van der Waals surface area contributed by atoms with Crippen molar-refractivity contribution in [1.29, 1.82) is 0 Å². The number of nitrogens with zero attached hydrogens (tertiary/aromatic N) is 2. The Morgan fingerprint density at radius 3 is 2.15 bits per heavy atom. The fourth-order valence-corrected chi connectivity index (χ4v) is 5.71.